The Morgan fingerprint density at radius 1 is 1.08 bits per heavy atom. The van der Waals surface area contributed by atoms with Crippen LogP contribution in [0.5, 0.6) is 0 Å². The van der Waals surface area contributed by atoms with Crippen molar-refractivity contribution in [3.05, 3.63) is 36.2 Å². The Labute approximate surface area is 69.3 Å². The maximum Gasteiger partial charge on any atom is 0.224 e. The van der Waals surface area contributed by atoms with Gasteiger partial charge in [0, 0.05) is 6.20 Å². The highest BCUT2D eigenvalue weighted by atomic mass is 15.6. The van der Waals surface area contributed by atoms with Crippen LogP contribution in [0.4, 0.5) is 0 Å². The van der Waals surface area contributed by atoms with Gasteiger partial charge in [-0.3, -0.25) is 0 Å². The van der Waals surface area contributed by atoms with E-state index in [0.29, 0.717) is 0 Å². The maximum absolute atomic E-state index is 3.79. The molecule has 2 heterocycles. The third kappa shape index (κ3) is 1.29. The Morgan fingerprint density at radius 3 is 2.75 bits per heavy atom. The van der Waals surface area contributed by atoms with E-state index in [1.54, 1.807) is 0 Å². The molecule has 2 rings (SSSR count). The Kier molecular flexibility index (Phi) is 1.77. The molecule has 2 aliphatic heterocycles. The fraction of sp³-hybridized carbons (Fsp3) is 0.143. The summed E-state index contributed by atoms with van der Waals surface area (Å²) in [5, 5.41) is 17.5. The molecule has 0 aromatic heterocycles. The van der Waals surface area contributed by atoms with Gasteiger partial charge in [0.2, 0.25) is 6.17 Å². The van der Waals surface area contributed by atoms with Crippen LogP contribution in [-0.2, 0) is 0 Å². The lowest BCUT2D eigenvalue weighted by atomic mass is 10.3. The van der Waals surface area contributed by atoms with Gasteiger partial charge in [0.05, 0.1) is 5.70 Å². The maximum atomic E-state index is 3.79. The Bertz CT molecular complexity index is 298. The van der Waals surface area contributed by atoms with Gasteiger partial charge in [-0.15, -0.1) is 10.2 Å². The molecule has 0 saturated carbocycles. The van der Waals surface area contributed by atoms with Crippen molar-refractivity contribution in [2.75, 3.05) is 0 Å². The van der Waals surface area contributed by atoms with Crippen molar-refractivity contribution < 1.29 is 0 Å². The van der Waals surface area contributed by atoms with E-state index in [9.17, 15) is 0 Å². The number of allylic oxidation sites excluding steroid dienone is 4. The number of hydrogen-bond donors (Lipinski definition) is 1. The molecule has 0 radical (unpaired) electrons. The van der Waals surface area contributed by atoms with Crippen LogP contribution < -0.4 is 5.32 Å². The molecule has 0 saturated heterocycles. The molecule has 60 valence electrons. The van der Waals surface area contributed by atoms with Crippen molar-refractivity contribution in [2.45, 2.75) is 6.17 Å². The Morgan fingerprint density at radius 2 is 1.92 bits per heavy atom. The highest BCUT2D eigenvalue weighted by Crippen LogP contribution is 2.13. The van der Waals surface area contributed by atoms with Gasteiger partial charge in [0.15, 0.2) is 0 Å². The second-order valence-corrected chi connectivity index (χ2v) is 2.29. The van der Waals surface area contributed by atoms with Crippen LogP contribution in [0.15, 0.2) is 56.9 Å². The van der Waals surface area contributed by atoms with Crippen molar-refractivity contribution in [1.29, 1.82) is 0 Å². The molecule has 0 atom stereocenters. The van der Waals surface area contributed by atoms with Crippen LogP contribution in [0.3, 0.4) is 0 Å². The minimum absolute atomic E-state index is 0.294. The van der Waals surface area contributed by atoms with Gasteiger partial charge in [0.25, 0.3) is 0 Å². The van der Waals surface area contributed by atoms with Crippen molar-refractivity contribution in [1.82, 2.24) is 5.32 Å². The van der Waals surface area contributed by atoms with E-state index in [0.717, 1.165) is 5.70 Å². The summed E-state index contributed by atoms with van der Waals surface area (Å²) in [5.74, 6) is 0. The minimum atomic E-state index is -0.294. The first-order valence-corrected chi connectivity index (χ1v) is 3.57. The zero-order valence-corrected chi connectivity index (χ0v) is 6.25. The molecule has 5 nitrogen and oxygen atoms in total. The lowest BCUT2D eigenvalue weighted by Gasteiger charge is -2.04. The molecule has 0 spiro atoms. The fourth-order valence-corrected chi connectivity index (χ4v) is 0.923. The largest absolute Gasteiger partial charge is 0.362 e. The summed E-state index contributed by atoms with van der Waals surface area (Å²) in [6.07, 6.45) is 9.15. The molecule has 0 amide bonds. The number of nitrogens with zero attached hydrogens (tertiary/aromatic N) is 4. The molecule has 5 heteroatoms. The van der Waals surface area contributed by atoms with Gasteiger partial charge in [-0.25, -0.2) is 0 Å². The fourth-order valence-electron chi connectivity index (χ4n) is 0.923. The van der Waals surface area contributed by atoms with E-state index in [-0.39, 0.29) is 6.17 Å². The minimum Gasteiger partial charge on any atom is -0.362 e. The first kappa shape index (κ1) is 6.90. The molecule has 0 aromatic rings. The topological polar surface area (TPSA) is 61.5 Å². The van der Waals surface area contributed by atoms with Crippen molar-refractivity contribution in [3.8, 4) is 0 Å². The van der Waals surface area contributed by atoms with Gasteiger partial charge in [0.1, 0.15) is 0 Å². The van der Waals surface area contributed by atoms with Crippen LogP contribution in [0.1, 0.15) is 0 Å². The van der Waals surface area contributed by atoms with Crippen molar-refractivity contribution in [2.24, 2.45) is 20.7 Å². The third-order valence-corrected chi connectivity index (χ3v) is 1.48. The lowest BCUT2D eigenvalue weighted by Crippen LogP contribution is -2.14. The summed E-state index contributed by atoms with van der Waals surface area (Å²) < 4.78 is 0. The molecular formula is C7H7N5. The van der Waals surface area contributed by atoms with Gasteiger partial charge < -0.3 is 5.32 Å². The molecular weight excluding hydrogens is 154 g/mol. The zero-order chi connectivity index (χ0) is 8.23. The van der Waals surface area contributed by atoms with Crippen LogP contribution in [0, 0.1) is 0 Å². The summed E-state index contributed by atoms with van der Waals surface area (Å²) in [7, 11) is 0. The van der Waals surface area contributed by atoms with Gasteiger partial charge in [-0.1, -0.05) is 12.2 Å². The summed E-state index contributed by atoms with van der Waals surface area (Å²) in [5.41, 5.74) is 0.880. The zero-order valence-electron chi connectivity index (χ0n) is 6.25. The molecule has 0 aliphatic carbocycles. The van der Waals surface area contributed by atoms with E-state index < -0.39 is 0 Å². The van der Waals surface area contributed by atoms with Gasteiger partial charge in [-0.2, -0.15) is 0 Å². The summed E-state index contributed by atoms with van der Waals surface area (Å²) >= 11 is 0. The highest BCUT2D eigenvalue weighted by molar-refractivity contribution is 5.24. The smallest absolute Gasteiger partial charge is 0.224 e. The average molecular weight is 161 g/mol. The average Bonchev–Trinajstić information content (AvgIpc) is 2.48. The van der Waals surface area contributed by atoms with Crippen molar-refractivity contribution >= 4 is 0 Å². The molecule has 0 aromatic carbocycles. The molecule has 1 N–H and O–H groups in total. The lowest BCUT2D eigenvalue weighted by molar-refractivity contribution is 0.755. The van der Waals surface area contributed by atoms with Crippen LogP contribution >= 0.6 is 0 Å². The Hall–Kier alpha value is -1.78. The predicted octanol–water partition coefficient (Wildman–Crippen LogP) is 1.70. The van der Waals surface area contributed by atoms with E-state index >= 15 is 0 Å². The van der Waals surface area contributed by atoms with Crippen LogP contribution in [-0.4, -0.2) is 6.17 Å². The molecule has 0 fully saturated rings. The molecule has 12 heavy (non-hydrogen) atoms. The van der Waals surface area contributed by atoms with Crippen LogP contribution in [0.2, 0.25) is 0 Å². The van der Waals surface area contributed by atoms with E-state index in [4.69, 9.17) is 0 Å². The highest BCUT2D eigenvalue weighted by Gasteiger charge is 2.14. The normalized spacial score (nSPS) is 20.8. The Balaban J connectivity index is 2.17. The second kappa shape index (κ2) is 3.08. The first-order valence-electron chi connectivity index (χ1n) is 3.57. The van der Waals surface area contributed by atoms with E-state index in [2.05, 4.69) is 26.0 Å². The third-order valence-electron chi connectivity index (χ3n) is 1.48. The summed E-state index contributed by atoms with van der Waals surface area (Å²) in [6.45, 7) is 0. The number of hydrogen-bond acceptors (Lipinski definition) is 5. The first-order chi connectivity index (χ1) is 5.97. The second-order valence-electron chi connectivity index (χ2n) is 2.29. The summed E-state index contributed by atoms with van der Waals surface area (Å²) in [6, 6.07) is 0. The van der Waals surface area contributed by atoms with Gasteiger partial charge >= 0.3 is 0 Å². The van der Waals surface area contributed by atoms with Crippen LogP contribution in [0.25, 0.3) is 0 Å². The predicted molar refractivity (Wildman–Crippen MR) is 43.0 cm³/mol. The van der Waals surface area contributed by atoms with Gasteiger partial charge in [-0.05, 0) is 22.6 Å². The quantitative estimate of drug-likeness (QED) is 0.625. The van der Waals surface area contributed by atoms with E-state index in [1.807, 2.05) is 30.5 Å². The SMILES string of the molecule is C1=CC=C(C2N=NN=N2)NC=C1. The van der Waals surface area contributed by atoms with E-state index in [1.165, 1.54) is 0 Å². The van der Waals surface area contributed by atoms with Crippen molar-refractivity contribution in [3.63, 3.8) is 0 Å². The number of nitrogens with one attached hydrogen (secondary N) is 1. The standard InChI is InChI=1S/C7H7N5/c1-2-4-6(8-5-3-1)7-9-11-12-10-7/h1-5,7-8H. The molecule has 0 bridgehead atoms. The molecule has 2 aliphatic rings. The number of rotatable bonds is 1. The monoisotopic (exact) mass is 161 g/mol. The molecule has 0 unspecified atom stereocenters. The summed E-state index contributed by atoms with van der Waals surface area (Å²) in [4.78, 5) is 0.